The first kappa shape index (κ1) is 22.6. The monoisotopic (exact) mass is 462 g/mol. The van der Waals surface area contributed by atoms with Gasteiger partial charge in [-0.1, -0.05) is 41.9 Å². The van der Waals surface area contributed by atoms with E-state index in [-0.39, 0.29) is 5.84 Å². The van der Waals surface area contributed by atoms with Gasteiger partial charge in [0.2, 0.25) is 10.0 Å². The molecule has 1 atom stereocenters. The van der Waals surface area contributed by atoms with Gasteiger partial charge in [0.1, 0.15) is 11.4 Å². The Morgan fingerprint density at radius 2 is 1.87 bits per heavy atom. The Bertz CT molecular complexity index is 1250. The highest BCUT2D eigenvalue weighted by Gasteiger charge is 2.41. The summed E-state index contributed by atoms with van der Waals surface area (Å²) in [5.41, 5.74) is 0.510. The first-order valence-electron chi connectivity index (χ1n) is 9.47. The summed E-state index contributed by atoms with van der Waals surface area (Å²) in [6, 6.07) is 13.9. The zero-order valence-corrected chi connectivity index (χ0v) is 18.8. The van der Waals surface area contributed by atoms with Crippen LogP contribution in [0, 0.1) is 0 Å². The Morgan fingerprint density at radius 3 is 2.45 bits per heavy atom. The Labute approximate surface area is 185 Å². The zero-order valence-electron chi connectivity index (χ0n) is 17.3. The van der Waals surface area contributed by atoms with Gasteiger partial charge in [0.15, 0.2) is 0 Å². The summed E-state index contributed by atoms with van der Waals surface area (Å²) in [5, 5.41) is 15.9. The topological polar surface area (TPSA) is 113 Å². The molecule has 3 N–H and O–H groups in total. The summed E-state index contributed by atoms with van der Waals surface area (Å²) in [6.07, 6.45) is 3.17. The van der Waals surface area contributed by atoms with Crippen molar-refractivity contribution in [2.45, 2.75) is 25.8 Å². The lowest BCUT2D eigenvalue weighted by molar-refractivity contribution is -0.126. The predicted octanol–water partition coefficient (Wildman–Crippen LogP) is 3.74. The number of amidine groups is 1. The van der Waals surface area contributed by atoms with Crippen LogP contribution >= 0.6 is 11.6 Å². The fourth-order valence-electron chi connectivity index (χ4n) is 3.72. The number of benzene rings is 2. The summed E-state index contributed by atoms with van der Waals surface area (Å²) in [4.78, 5) is 13.5. The normalized spacial score (nSPS) is 14.3. The Hall–Kier alpha value is -3.04. The van der Waals surface area contributed by atoms with Crippen molar-refractivity contribution < 1.29 is 18.4 Å². The zero-order chi connectivity index (χ0) is 22.8. The quantitative estimate of drug-likeness (QED) is 0.224. The highest BCUT2D eigenvalue weighted by molar-refractivity contribution is 7.92. The number of hydrogen-bond donors (Lipinski definition) is 3. The molecule has 31 heavy (non-hydrogen) atoms. The van der Waals surface area contributed by atoms with E-state index in [9.17, 15) is 13.2 Å². The van der Waals surface area contributed by atoms with E-state index >= 15 is 0 Å². The van der Waals surface area contributed by atoms with Gasteiger partial charge in [-0.15, -0.1) is 0 Å². The number of anilines is 1. The van der Waals surface area contributed by atoms with Crippen molar-refractivity contribution >= 4 is 50.0 Å². The van der Waals surface area contributed by atoms with Gasteiger partial charge in [0.25, 0.3) is 5.91 Å². The lowest BCUT2D eigenvalue weighted by Gasteiger charge is -2.34. The molecule has 0 aliphatic rings. The molecule has 0 spiro atoms. The van der Waals surface area contributed by atoms with E-state index in [0.717, 1.165) is 6.26 Å². The fraction of sp³-hybridized carbons (Fsp3) is 0.238. The number of nitrogens with one attached hydrogen (secondary N) is 2. The van der Waals surface area contributed by atoms with Crippen molar-refractivity contribution in [1.29, 1.82) is 0 Å². The van der Waals surface area contributed by atoms with Crippen molar-refractivity contribution in [1.82, 2.24) is 9.88 Å². The number of oxime groups is 1. The van der Waals surface area contributed by atoms with Gasteiger partial charge in [-0.25, -0.2) is 8.42 Å². The highest BCUT2D eigenvalue weighted by Crippen LogP contribution is 2.37. The van der Waals surface area contributed by atoms with Crippen LogP contribution in [0.1, 0.15) is 25.8 Å². The summed E-state index contributed by atoms with van der Waals surface area (Å²) in [5.74, 6) is -0.362. The van der Waals surface area contributed by atoms with E-state index in [0.29, 0.717) is 33.6 Å². The highest BCUT2D eigenvalue weighted by atomic mass is 35.5. The molecule has 1 aromatic heterocycles. The molecule has 0 saturated carbocycles. The van der Waals surface area contributed by atoms with E-state index in [1.165, 1.54) is 6.92 Å². The standard InChI is InChI=1S/C21H23ClN4O4S/c1-4-21(20(27)23-14(2)24-28,15-8-10-16(22)11-9-15)26-13-12-17-18(25-31(3,29)30)6-5-7-19(17)26/h5-13,25,28H,4H2,1-3H3,(H,23,24,27). The number of aromatic nitrogens is 1. The lowest BCUT2D eigenvalue weighted by atomic mass is 9.85. The molecule has 0 fully saturated rings. The number of hydrogen-bond acceptors (Lipinski definition) is 5. The molecule has 0 saturated heterocycles. The average Bonchev–Trinajstić information content (AvgIpc) is 3.15. The summed E-state index contributed by atoms with van der Waals surface area (Å²) in [6.45, 7) is 3.34. The largest absolute Gasteiger partial charge is 0.409 e. The first-order chi connectivity index (χ1) is 14.6. The third-order valence-corrected chi connectivity index (χ3v) is 5.94. The molecular weight excluding hydrogens is 440 g/mol. The molecule has 1 amide bonds. The van der Waals surface area contributed by atoms with Gasteiger partial charge in [-0.05, 0) is 49.2 Å². The van der Waals surface area contributed by atoms with Crippen LogP contribution in [0.4, 0.5) is 5.69 Å². The van der Waals surface area contributed by atoms with Crippen LogP contribution < -0.4 is 10.0 Å². The van der Waals surface area contributed by atoms with Gasteiger partial charge in [-0.2, -0.15) is 0 Å². The fourth-order valence-corrected chi connectivity index (χ4v) is 4.43. The minimum atomic E-state index is -3.49. The van der Waals surface area contributed by atoms with Crippen molar-refractivity contribution in [2.24, 2.45) is 5.16 Å². The predicted molar refractivity (Wildman–Crippen MR) is 122 cm³/mol. The third-order valence-electron chi connectivity index (χ3n) is 5.09. The maximum atomic E-state index is 13.5. The van der Waals surface area contributed by atoms with Gasteiger partial charge in [0.05, 0.1) is 17.5 Å². The number of amides is 1. The number of fused-ring (bicyclic) bond motifs is 1. The van der Waals surface area contributed by atoms with Gasteiger partial charge >= 0.3 is 0 Å². The molecule has 0 radical (unpaired) electrons. The molecule has 8 nitrogen and oxygen atoms in total. The first-order valence-corrected chi connectivity index (χ1v) is 11.7. The van der Waals surface area contributed by atoms with Crippen LogP contribution in [-0.2, 0) is 20.4 Å². The molecule has 164 valence electrons. The molecule has 0 aliphatic heterocycles. The van der Waals surface area contributed by atoms with E-state index in [2.05, 4.69) is 15.2 Å². The molecular formula is C21H23ClN4O4S. The van der Waals surface area contributed by atoms with Gasteiger partial charge in [0, 0.05) is 16.6 Å². The van der Waals surface area contributed by atoms with Crippen molar-refractivity contribution in [3.05, 3.63) is 65.3 Å². The Balaban J connectivity index is 2.29. The molecule has 10 heteroatoms. The van der Waals surface area contributed by atoms with Gasteiger partial charge in [-0.3, -0.25) is 9.52 Å². The van der Waals surface area contributed by atoms with E-state index in [1.54, 1.807) is 53.2 Å². The van der Waals surface area contributed by atoms with E-state index in [1.807, 2.05) is 13.0 Å². The number of carbonyl (C=O) groups is 1. The number of nitrogens with zero attached hydrogens (tertiary/aromatic N) is 2. The molecule has 3 rings (SSSR count). The second-order valence-corrected chi connectivity index (χ2v) is 9.34. The maximum Gasteiger partial charge on any atom is 0.256 e. The minimum Gasteiger partial charge on any atom is -0.409 e. The number of sulfonamides is 1. The van der Waals surface area contributed by atoms with Crippen LogP contribution in [0.25, 0.3) is 10.9 Å². The van der Waals surface area contributed by atoms with Crippen LogP contribution in [0.3, 0.4) is 0 Å². The second-order valence-electron chi connectivity index (χ2n) is 7.16. The van der Waals surface area contributed by atoms with Crippen molar-refractivity contribution in [2.75, 3.05) is 11.0 Å². The summed E-state index contributed by atoms with van der Waals surface area (Å²) < 4.78 is 27.9. The molecule has 3 aromatic rings. The number of halogens is 1. The van der Waals surface area contributed by atoms with Crippen molar-refractivity contribution in [3.8, 4) is 0 Å². The third kappa shape index (κ3) is 4.38. The van der Waals surface area contributed by atoms with Crippen LogP contribution in [0.5, 0.6) is 0 Å². The molecule has 0 bridgehead atoms. The van der Waals surface area contributed by atoms with Gasteiger partial charge < -0.3 is 15.1 Å². The summed E-state index contributed by atoms with van der Waals surface area (Å²) >= 11 is 6.07. The SMILES string of the molecule is CCC(C(=O)NC(C)=NO)(c1ccc(Cl)cc1)n1ccc2c(NS(C)(=O)=O)cccc21. The van der Waals surface area contributed by atoms with Crippen LogP contribution in [-0.4, -0.2) is 36.2 Å². The maximum absolute atomic E-state index is 13.5. The van der Waals surface area contributed by atoms with Crippen LogP contribution in [0.2, 0.25) is 5.02 Å². The number of carbonyl (C=O) groups excluding carboxylic acids is 1. The Kier molecular flexibility index (Phi) is 6.28. The minimum absolute atomic E-state index is 0.0488. The van der Waals surface area contributed by atoms with Crippen LogP contribution in [0.15, 0.2) is 59.9 Å². The molecule has 1 unspecified atom stereocenters. The molecule has 1 heterocycles. The lowest BCUT2D eigenvalue weighted by Crippen LogP contribution is -2.50. The van der Waals surface area contributed by atoms with E-state index in [4.69, 9.17) is 16.8 Å². The smallest absolute Gasteiger partial charge is 0.256 e. The molecule has 0 aliphatic carbocycles. The summed E-state index contributed by atoms with van der Waals surface area (Å²) in [7, 11) is -3.49. The average molecular weight is 463 g/mol. The van der Waals surface area contributed by atoms with E-state index < -0.39 is 21.5 Å². The van der Waals surface area contributed by atoms with Crippen molar-refractivity contribution in [3.63, 3.8) is 0 Å². The molecule has 2 aromatic carbocycles. The second kappa shape index (κ2) is 8.60. The Morgan fingerprint density at radius 1 is 1.19 bits per heavy atom. The number of rotatable bonds is 6.